The SMILES string of the molecule is COc1ccc(S(=O)(=O)NC(C)c2ccc(C)cc2C)c(Cl)c1Cl. The Bertz CT molecular complexity index is 866. The van der Waals surface area contributed by atoms with Gasteiger partial charge in [0.25, 0.3) is 0 Å². The first kappa shape index (κ1) is 19.1. The van der Waals surface area contributed by atoms with E-state index in [1.54, 1.807) is 6.92 Å². The molecule has 0 heterocycles. The molecule has 0 aromatic heterocycles. The first-order chi connectivity index (χ1) is 11.2. The summed E-state index contributed by atoms with van der Waals surface area (Å²) in [6.45, 7) is 5.73. The second kappa shape index (κ2) is 7.31. The zero-order valence-electron chi connectivity index (χ0n) is 13.9. The molecule has 0 saturated carbocycles. The summed E-state index contributed by atoms with van der Waals surface area (Å²) < 4.78 is 33.0. The fourth-order valence-corrected chi connectivity index (χ4v) is 4.61. The fourth-order valence-electron chi connectivity index (χ4n) is 2.55. The molecule has 0 radical (unpaired) electrons. The van der Waals surface area contributed by atoms with Crippen molar-refractivity contribution in [3.05, 3.63) is 57.1 Å². The molecule has 130 valence electrons. The van der Waals surface area contributed by atoms with E-state index in [1.165, 1.54) is 19.2 Å². The van der Waals surface area contributed by atoms with E-state index in [9.17, 15) is 8.42 Å². The van der Waals surface area contributed by atoms with Crippen LogP contribution in [0.5, 0.6) is 5.75 Å². The van der Waals surface area contributed by atoms with Crippen molar-refractivity contribution in [2.24, 2.45) is 0 Å². The number of aryl methyl sites for hydroxylation is 2. The molecule has 7 heteroatoms. The number of methoxy groups -OCH3 is 1. The molecule has 1 N–H and O–H groups in total. The Labute approximate surface area is 152 Å². The number of hydrogen-bond acceptors (Lipinski definition) is 3. The third kappa shape index (κ3) is 3.86. The summed E-state index contributed by atoms with van der Waals surface area (Å²) in [6, 6.07) is 8.32. The Balaban J connectivity index is 2.36. The predicted octanol–water partition coefficient (Wildman–Crippen LogP) is 4.66. The standard InChI is InChI=1S/C17H19Cl2NO3S/c1-10-5-6-13(11(2)9-10)12(3)20-24(21,22)15-8-7-14(23-4)16(18)17(15)19/h5-9,12,20H,1-4H3. The van der Waals surface area contributed by atoms with E-state index in [4.69, 9.17) is 27.9 Å². The van der Waals surface area contributed by atoms with Gasteiger partial charge in [-0.05, 0) is 44.0 Å². The molecule has 0 fully saturated rings. The van der Waals surface area contributed by atoms with Crippen molar-refractivity contribution in [3.63, 3.8) is 0 Å². The minimum atomic E-state index is -3.83. The maximum atomic E-state index is 12.7. The fraction of sp³-hybridized carbons (Fsp3) is 0.294. The van der Waals surface area contributed by atoms with Crippen molar-refractivity contribution in [3.8, 4) is 5.75 Å². The average Bonchev–Trinajstić information content (AvgIpc) is 2.49. The van der Waals surface area contributed by atoms with Crippen LogP contribution in [-0.4, -0.2) is 15.5 Å². The lowest BCUT2D eigenvalue weighted by Gasteiger charge is -2.18. The maximum absolute atomic E-state index is 12.7. The van der Waals surface area contributed by atoms with E-state index in [0.717, 1.165) is 16.7 Å². The highest BCUT2D eigenvalue weighted by Crippen LogP contribution is 2.37. The molecule has 0 bridgehead atoms. The Morgan fingerprint density at radius 1 is 1.08 bits per heavy atom. The molecule has 0 amide bonds. The largest absolute Gasteiger partial charge is 0.495 e. The van der Waals surface area contributed by atoms with E-state index >= 15 is 0 Å². The Morgan fingerprint density at radius 2 is 1.75 bits per heavy atom. The van der Waals surface area contributed by atoms with Crippen molar-refractivity contribution in [2.75, 3.05) is 7.11 Å². The molecule has 0 saturated heterocycles. The minimum absolute atomic E-state index is 0.0589. The van der Waals surface area contributed by atoms with E-state index in [2.05, 4.69) is 4.72 Å². The summed E-state index contributed by atoms with van der Waals surface area (Å²) in [4.78, 5) is -0.0772. The smallest absolute Gasteiger partial charge is 0.242 e. The molecule has 0 aliphatic carbocycles. The van der Waals surface area contributed by atoms with Crippen LogP contribution in [0.15, 0.2) is 35.2 Å². The molecule has 0 aliphatic heterocycles. The topological polar surface area (TPSA) is 55.4 Å². The zero-order chi connectivity index (χ0) is 18.1. The van der Waals surface area contributed by atoms with Crippen LogP contribution < -0.4 is 9.46 Å². The van der Waals surface area contributed by atoms with Crippen molar-refractivity contribution in [1.29, 1.82) is 0 Å². The van der Waals surface area contributed by atoms with Gasteiger partial charge in [-0.25, -0.2) is 13.1 Å². The molecule has 4 nitrogen and oxygen atoms in total. The third-order valence-electron chi connectivity index (χ3n) is 3.74. The van der Waals surface area contributed by atoms with E-state index in [-0.39, 0.29) is 14.9 Å². The molecule has 0 spiro atoms. The lowest BCUT2D eigenvalue weighted by molar-refractivity contribution is 0.414. The Kier molecular flexibility index (Phi) is 5.81. The van der Waals surface area contributed by atoms with Gasteiger partial charge < -0.3 is 4.74 Å². The minimum Gasteiger partial charge on any atom is -0.495 e. The molecular weight excluding hydrogens is 369 g/mol. The van der Waals surface area contributed by atoms with E-state index < -0.39 is 16.1 Å². The monoisotopic (exact) mass is 387 g/mol. The summed E-state index contributed by atoms with van der Waals surface area (Å²) in [7, 11) is -2.40. The Morgan fingerprint density at radius 3 is 2.33 bits per heavy atom. The van der Waals surface area contributed by atoms with Gasteiger partial charge in [-0.3, -0.25) is 0 Å². The van der Waals surface area contributed by atoms with Crippen LogP contribution in [0.2, 0.25) is 10.0 Å². The number of nitrogens with one attached hydrogen (secondary N) is 1. The van der Waals surface area contributed by atoms with Gasteiger partial charge in [0.15, 0.2) is 0 Å². The van der Waals surface area contributed by atoms with Gasteiger partial charge in [0.1, 0.15) is 15.7 Å². The second-order valence-electron chi connectivity index (χ2n) is 5.60. The normalized spacial score (nSPS) is 12.9. The van der Waals surface area contributed by atoms with Crippen molar-refractivity contribution in [1.82, 2.24) is 4.72 Å². The maximum Gasteiger partial charge on any atom is 0.242 e. The number of benzene rings is 2. The van der Waals surface area contributed by atoms with Crippen LogP contribution in [-0.2, 0) is 10.0 Å². The van der Waals surface area contributed by atoms with Gasteiger partial charge in [0.05, 0.1) is 12.1 Å². The van der Waals surface area contributed by atoms with Crippen LogP contribution in [0.3, 0.4) is 0 Å². The molecular formula is C17H19Cl2NO3S. The van der Waals surface area contributed by atoms with E-state index in [1.807, 2.05) is 32.0 Å². The molecule has 1 atom stereocenters. The van der Waals surface area contributed by atoms with Gasteiger partial charge in [-0.2, -0.15) is 0 Å². The van der Waals surface area contributed by atoms with Gasteiger partial charge >= 0.3 is 0 Å². The quantitative estimate of drug-likeness (QED) is 0.811. The summed E-state index contributed by atoms with van der Waals surface area (Å²) in [5, 5.41) is 0.0116. The number of hydrogen-bond donors (Lipinski definition) is 1. The molecule has 2 rings (SSSR count). The summed E-state index contributed by atoms with van der Waals surface area (Å²) in [5.74, 6) is 0.322. The van der Waals surface area contributed by atoms with Crippen molar-refractivity contribution in [2.45, 2.75) is 31.7 Å². The predicted molar refractivity (Wildman–Crippen MR) is 97.7 cm³/mol. The van der Waals surface area contributed by atoms with Crippen molar-refractivity contribution < 1.29 is 13.2 Å². The van der Waals surface area contributed by atoms with Crippen molar-refractivity contribution >= 4 is 33.2 Å². The molecule has 1 unspecified atom stereocenters. The van der Waals surface area contributed by atoms with Crippen LogP contribution in [0, 0.1) is 13.8 Å². The van der Waals surface area contributed by atoms with Crippen LogP contribution in [0.4, 0.5) is 0 Å². The lowest BCUT2D eigenvalue weighted by atomic mass is 10.0. The zero-order valence-corrected chi connectivity index (χ0v) is 16.2. The number of rotatable bonds is 5. The highest BCUT2D eigenvalue weighted by molar-refractivity contribution is 7.89. The highest BCUT2D eigenvalue weighted by atomic mass is 35.5. The number of halogens is 2. The third-order valence-corrected chi connectivity index (χ3v) is 6.30. The molecule has 24 heavy (non-hydrogen) atoms. The van der Waals surface area contributed by atoms with Crippen LogP contribution >= 0.6 is 23.2 Å². The van der Waals surface area contributed by atoms with Crippen LogP contribution in [0.25, 0.3) is 0 Å². The second-order valence-corrected chi connectivity index (χ2v) is 8.04. The van der Waals surface area contributed by atoms with Crippen LogP contribution in [0.1, 0.15) is 29.7 Å². The lowest BCUT2D eigenvalue weighted by Crippen LogP contribution is -2.27. The van der Waals surface area contributed by atoms with Gasteiger partial charge in [-0.1, -0.05) is 47.0 Å². The molecule has 0 aliphatic rings. The first-order valence-electron chi connectivity index (χ1n) is 7.29. The van der Waals surface area contributed by atoms with Gasteiger partial charge in [0, 0.05) is 6.04 Å². The van der Waals surface area contributed by atoms with E-state index in [0.29, 0.717) is 5.75 Å². The van der Waals surface area contributed by atoms with Gasteiger partial charge in [0.2, 0.25) is 10.0 Å². The number of sulfonamides is 1. The Hall–Kier alpha value is -1.27. The highest BCUT2D eigenvalue weighted by Gasteiger charge is 2.24. The number of ether oxygens (including phenoxy) is 1. The molecule has 2 aromatic rings. The molecule has 2 aromatic carbocycles. The summed E-state index contributed by atoms with van der Waals surface area (Å²) in [5.41, 5.74) is 3.04. The average molecular weight is 388 g/mol. The first-order valence-corrected chi connectivity index (χ1v) is 9.52. The summed E-state index contributed by atoms with van der Waals surface area (Å²) in [6.07, 6.45) is 0. The van der Waals surface area contributed by atoms with Gasteiger partial charge in [-0.15, -0.1) is 0 Å². The summed E-state index contributed by atoms with van der Waals surface area (Å²) >= 11 is 12.2.